The first-order valence-electron chi connectivity index (χ1n) is 8.98. The number of amides is 2. The molecule has 2 N–H and O–H groups in total. The lowest BCUT2D eigenvalue weighted by Gasteiger charge is -2.35. The van der Waals surface area contributed by atoms with E-state index in [4.69, 9.17) is 14.7 Å². The Labute approximate surface area is 163 Å². The van der Waals surface area contributed by atoms with Gasteiger partial charge >= 0.3 is 0 Å². The van der Waals surface area contributed by atoms with Crippen molar-refractivity contribution in [1.82, 2.24) is 10.4 Å². The Morgan fingerprint density at radius 1 is 1.21 bits per heavy atom. The molecular weight excluding hydrogens is 360 g/mol. The van der Waals surface area contributed by atoms with Gasteiger partial charge in [0, 0.05) is 18.2 Å². The number of hydrogen-bond donors (Lipinski definition) is 2. The summed E-state index contributed by atoms with van der Waals surface area (Å²) < 4.78 is 11.4. The van der Waals surface area contributed by atoms with E-state index in [-0.39, 0.29) is 24.1 Å². The summed E-state index contributed by atoms with van der Waals surface area (Å²) in [6.45, 7) is 4.01. The SMILES string of the molecule is COC(C)(C)C(=O)N1Cc2ccc(C(=O)NO)cc2OCC1c1ccccc1. The molecular formula is C21H24N2O5. The molecule has 1 heterocycles. The maximum Gasteiger partial charge on any atom is 0.274 e. The van der Waals surface area contributed by atoms with Gasteiger partial charge in [-0.15, -0.1) is 0 Å². The fraction of sp³-hybridized carbons (Fsp3) is 0.333. The smallest absolute Gasteiger partial charge is 0.274 e. The third-order valence-corrected chi connectivity index (χ3v) is 5.02. The van der Waals surface area contributed by atoms with Gasteiger partial charge in [0.1, 0.15) is 18.0 Å². The van der Waals surface area contributed by atoms with Crippen molar-refractivity contribution >= 4 is 11.8 Å². The van der Waals surface area contributed by atoms with E-state index >= 15 is 0 Å². The molecule has 1 unspecified atom stereocenters. The minimum absolute atomic E-state index is 0.155. The van der Waals surface area contributed by atoms with Crippen molar-refractivity contribution in [2.75, 3.05) is 13.7 Å². The van der Waals surface area contributed by atoms with E-state index < -0.39 is 11.5 Å². The lowest BCUT2D eigenvalue weighted by Crippen LogP contribution is -2.48. The molecule has 148 valence electrons. The molecule has 0 saturated carbocycles. The van der Waals surface area contributed by atoms with Gasteiger partial charge in [-0.25, -0.2) is 5.48 Å². The Bertz CT molecular complexity index is 866. The number of ether oxygens (including phenoxy) is 2. The Kier molecular flexibility index (Phi) is 5.67. The molecule has 1 aliphatic heterocycles. The fourth-order valence-electron chi connectivity index (χ4n) is 3.18. The summed E-state index contributed by atoms with van der Waals surface area (Å²) in [4.78, 5) is 26.7. The first-order chi connectivity index (χ1) is 13.4. The van der Waals surface area contributed by atoms with Crippen LogP contribution in [0.1, 0.15) is 41.4 Å². The predicted molar refractivity (Wildman–Crippen MR) is 102 cm³/mol. The zero-order valence-corrected chi connectivity index (χ0v) is 16.1. The highest BCUT2D eigenvalue weighted by Gasteiger charge is 2.38. The van der Waals surface area contributed by atoms with Gasteiger partial charge in [-0.05, 0) is 31.5 Å². The summed E-state index contributed by atoms with van der Waals surface area (Å²) in [6.07, 6.45) is 0. The molecule has 2 amide bonds. The van der Waals surface area contributed by atoms with E-state index in [2.05, 4.69) is 0 Å². The van der Waals surface area contributed by atoms with Crippen LogP contribution < -0.4 is 10.2 Å². The van der Waals surface area contributed by atoms with E-state index in [1.807, 2.05) is 30.3 Å². The van der Waals surface area contributed by atoms with E-state index in [0.717, 1.165) is 11.1 Å². The van der Waals surface area contributed by atoms with Crippen LogP contribution in [-0.4, -0.2) is 41.2 Å². The minimum Gasteiger partial charge on any atom is -0.491 e. The molecule has 28 heavy (non-hydrogen) atoms. The zero-order chi connectivity index (χ0) is 20.3. The van der Waals surface area contributed by atoms with E-state index in [9.17, 15) is 9.59 Å². The lowest BCUT2D eigenvalue weighted by molar-refractivity contribution is -0.154. The van der Waals surface area contributed by atoms with Gasteiger partial charge in [-0.3, -0.25) is 14.8 Å². The molecule has 1 atom stereocenters. The van der Waals surface area contributed by atoms with Crippen molar-refractivity contribution in [1.29, 1.82) is 0 Å². The van der Waals surface area contributed by atoms with Crippen molar-refractivity contribution in [2.45, 2.75) is 32.0 Å². The largest absolute Gasteiger partial charge is 0.491 e. The second-order valence-electron chi connectivity index (χ2n) is 7.15. The van der Waals surface area contributed by atoms with Gasteiger partial charge < -0.3 is 14.4 Å². The van der Waals surface area contributed by atoms with Gasteiger partial charge in [0.05, 0.1) is 12.6 Å². The molecule has 2 aromatic carbocycles. The normalized spacial score (nSPS) is 16.6. The molecule has 2 aromatic rings. The van der Waals surface area contributed by atoms with Crippen LogP contribution in [0.25, 0.3) is 0 Å². The maximum atomic E-state index is 13.3. The van der Waals surface area contributed by atoms with E-state index in [0.29, 0.717) is 12.3 Å². The number of nitrogens with zero attached hydrogens (tertiary/aromatic N) is 1. The Morgan fingerprint density at radius 3 is 2.57 bits per heavy atom. The average Bonchev–Trinajstić information content (AvgIpc) is 2.92. The maximum absolute atomic E-state index is 13.3. The van der Waals surface area contributed by atoms with Gasteiger partial charge in [-0.2, -0.15) is 0 Å². The summed E-state index contributed by atoms with van der Waals surface area (Å²) in [7, 11) is 1.51. The number of carbonyl (C=O) groups is 2. The second-order valence-corrected chi connectivity index (χ2v) is 7.15. The monoisotopic (exact) mass is 384 g/mol. The average molecular weight is 384 g/mol. The molecule has 0 spiro atoms. The van der Waals surface area contributed by atoms with Crippen molar-refractivity contribution in [2.24, 2.45) is 0 Å². The van der Waals surface area contributed by atoms with Crippen LogP contribution in [0.3, 0.4) is 0 Å². The molecule has 0 aliphatic carbocycles. The van der Waals surface area contributed by atoms with Crippen LogP contribution in [0.4, 0.5) is 0 Å². The van der Waals surface area contributed by atoms with Gasteiger partial charge in [0.15, 0.2) is 0 Å². The third kappa shape index (κ3) is 3.85. The second kappa shape index (κ2) is 8.00. The first kappa shape index (κ1) is 19.9. The summed E-state index contributed by atoms with van der Waals surface area (Å²) in [5.41, 5.74) is 2.62. The number of hydrogen-bond acceptors (Lipinski definition) is 5. The Balaban J connectivity index is 2.02. The number of rotatable bonds is 4. The highest BCUT2D eigenvalue weighted by atomic mass is 16.5. The van der Waals surface area contributed by atoms with Gasteiger partial charge in [0.25, 0.3) is 11.8 Å². The lowest BCUT2D eigenvalue weighted by atomic mass is 10.0. The number of nitrogens with one attached hydrogen (secondary N) is 1. The quantitative estimate of drug-likeness (QED) is 0.625. The molecule has 0 aromatic heterocycles. The molecule has 7 heteroatoms. The van der Waals surface area contributed by atoms with Crippen molar-refractivity contribution < 1.29 is 24.3 Å². The zero-order valence-electron chi connectivity index (χ0n) is 16.1. The standard InChI is InChI=1S/C21H24N2O5/c1-21(2,27-3)20(25)23-12-16-10-9-15(19(24)22-26)11-18(16)28-13-17(23)14-7-5-4-6-8-14/h4-11,17,26H,12-13H2,1-3H3,(H,22,24). The molecule has 0 fully saturated rings. The fourth-order valence-corrected chi connectivity index (χ4v) is 3.18. The molecule has 3 rings (SSSR count). The number of carbonyl (C=O) groups excluding carboxylic acids is 2. The molecule has 1 aliphatic rings. The predicted octanol–water partition coefficient (Wildman–Crippen LogP) is 2.69. The molecule has 0 bridgehead atoms. The molecule has 7 nitrogen and oxygen atoms in total. The Hall–Kier alpha value is -2.90. The summed E-state index contributed by atoms with van der Waals surface area (Å²) in [5, 5.41) is 8.86. The molecule has 0 radical (unpaired) electrons. The van der Waals surface area contributed by atoms with Crippen LogP contribution in [0.15, 0.2) is 48.5 Å². The third-order valence-electron chi connectivity index (χ3n) is 5.02. The van der Waals surface area contributed by atoms with Crippen LogP contribution in [-0.2, 0) is 16.1 Å². The van der Waals surface area contributed by atoms with E-state index in [1.54, 1.807) is 42.4 Å². The highest BCUT2D eigenvalue weighted by molar-refractivity contribution is 5.94. The van der Waals surface area contributed by atoms with Gasteiger partial charge in [0.2, 0.25) is 0 Å². The summed E-state index contributed by atoms with van der Waals surface area (Å²) >= 11 is 0. The minimum atomic E-state index is -0.992. The Morgan fingerprint density at radius 2 is 1.93 bits per heavy atom. The molecule has 0 saturated heterocycles. The summed E-state index contributed by atoms with van der Waals surface area (Å²) in [5.74, 6) is -0.270. The van der Waals surface area contributed by atoms with Crippen LogP contribution >= 0.6 is 0 Å². The van der Waals surface area contributed by atoms with Crippen LogP contribution in [0.2, 0.25) is 0 Å². The van der Waals surface area contributed by atoms with Crippen LogP contribution in [0, 0.1) is 0 Å². The highest BCUT2D eigenvalue weighted by Crippen LogP contribution is 2.34. The van der Waals surface area contributed by atoms with Crippen molar-refractivity contribution in [3.63, 3.8) is 0 Å². The number of fused-ring (bicyclic) bond motifs is 1. The van der Waals surface area contributed by atoms with Gasteiger partial charge in [-0.1, -0.05) is 36.4 Å². The number of methoxy groups -OCH3 is 1. The van der Waals surface area contributed by atoms with E-state index in [1.165, 1.54) is 7.11 Å². The number of hydroxylamine groups is 1. The topological polar surface area (TPSA) is 88.1 Å². The first-order valence-corrected chi connectivity index (χ1v) is 8.98. The number of benzene rings is 2. The van der Waals surface area contributed by atoms with Crippen molar-refractivity contribution in [3.8, 4) is 5.75 Å². The summed E-state index contributed by atoms with van der Waals surface area (Å²) in [6, 6.07) is 14.2. The van der Waals surface area contributed by atoms with Crippen molar-refractivity contribution in [3.05, 3.63) is 65.2 Å². The van der Waals surface area contributed by atoms with Crippen LogP contribution in [0.5, 0.6) is 5.75 Å².